The highest BCUT2D eigenvalue weighted by molar-refractivity contribution is 5.94. The summed E-state index contributed by atoms with van der Waals surface area (Å²) in [5, 5.41) is 3.15. The molecule has 1 unspecified atom stereocenters. The summed E-state index contributed by atoms with van der Waals surface area (Å²) < 4.78 is 5.63. The lowest BCUT2D eigenvalue weighted by atomic mass is 9.95. The van der Waals surface area contributed by atoms with Crippen molar-refractivity contribution in [3.63, 3.8) is 0 Å². The largest absolute Gasteiger partial charge is 0.468 e. The molecule has 2 amide bonds. The average molecular weight is 396 g/mol. The molecule has 1 aromatic heterocycles. The number of benzene rings is 1. The Balaban J connectivity index is 1.29. The van der Waals surface area contributed by atoms with Crippen molar-refractivity contribution in [1.82, 2.24) is 15.1 Å². The van der Waals surface area contributed by atoms with Crippen LogP contribution in [0.25, 0.3) is 0 Å². The summed E-state index contributed by atoms with van der Waals surface area (Å²) in [6.45, 7) is 3.90. The van der Waals surface area contributed by atoms with Gasteiger partial charge in [-0.1, -0.05) is 18.2 Å². The summed E-state index contributed by atoms with van der Waals surface area (Å²) in [7, 11) is 0. The van der Waals surface area contributed by atoms with Crippen LogP contribution in [0.3, 0.4) is 0 Å². The molecule has 0 aliphatic carbocycles. The third-order valence-corrected chi connectivity index (χ3v) is 6.10. The molecule has 3 heterocycles. The minimum Gasteiger partial charge on any atom is -0.468 e. The molecule has 2 aromatic rings. The maximum absolute atomic E-state index is 12.8. The summed E-state index contributed by atoms with van der Waals surface area (Å²) in [4.78, 5) is 29.6. The lowest BCUT2D eigenvalue weighted by molar-refractivity contribution is -0.126. The van der Waals surface area contributed by atoms with Gasteiger partial charge in [0, 0.05) is 31.1 Å². The lowest BCUT2D eigenvalue weighted by Crippen LogP contribution is -2.44. The number of piperidine rings is 1. The normalized spacial score (nSPS) is 19.2. The van der Waals surface area contributed by atoms with Crippen LogP contribution < -0.4 is 5.32 Å². The number of furan rings is 1. The standard InChI is InChI=1S/C23H29N3O3/c27-22(24-17-20(21-9-6-16-29-21)25-12-4-5-13-25)18-10-14-26(15-11-18)23(28)19-7-2-1-3-8-19/h1-3,6-9,16,18,20H,4-5,10-15,17H2,(H,24,27). The van der Waals surface area contributed by atoms with Crippen molar-refractivity contribution in [2.45, 2.75) is 31.7 Å². The topological polar surface area (TPSA) is 65.8 Å². The number of carbonyl (C=O) groups is 2. The van der Waals surface area contributed by atoms with Crippen molar-refractivity contribution in [3.8, 4) is 0 Å². The summed E-state index contributed by atoms with van der Waals surface area (Å²) in [6.07, 6.45) is 5.50. The Kier molecular flexibility index (Phi) is 6.30. The molecule has 2 aliphatic heterocycles. The van der Waals surface area contributed by atoms with Crippen LogP contribution in [-0.2, 0) is 4.79 Å². The molecular formula is C23H29N3O3. The Morgan fingerprint density at radius 1 is 1.00 bits per heavy atom. The van der Waals surface area contributed by atoms with E-state index >= 15 is 0 Å². The van der Waals surface area contributed by atoms with Gasteiger partial charge in [-0.2, -0.15) is 0 Å². The van der Waals surface area contributed by atoms with Crippen LogP contribution in [0, 0.1) is 5.92 Å². The molecule has 1 atom stereocenters. The summed E-state index contributed by atoms with van der Waals surface area (Å²) in [5.41, 5.74) is 0.710. The zero-order valence-corrected chi connectivity index (χ0v) is 16.8. The molecule has 0 spiro atoms. The van der Waals surface area contributed by atoms with E-state index in [-0.39, 0.29) is 23.8 Å². The van der Waals surface area contributed by atoms with E-state index in [1.54, 1.807) is 6.26 Å². The fraction of sp³-hybridized carbons (Fsp3) is 0.478. The van der Waals surface area contributed by atoms with E-state index in [4.69, 9.17) is 4.42 Å². The molecule has 2 saturated heterocycles. The lowest BCUT2D eigenvalue weighted by Gasteiger charge is -2.32. The van der Waals surface area contributed by atoms with Crippen LogP contribution in [-0.4, -0.2) is 54.3 Å². The van der Waals surface area contributed by atoms with Crippen LogP contribution in [0.5, 0.6) is 0 Å². The maximum Gasteiger partial charge on any atom is 0.253 e. The van der Waals surface area contributed by atoms with Gasteiger partial charge in [-0.25, -0.2) is 0 Å². The minimum atomic E-state index is -0.0364. The Morgan fingerprint density at radius 2 is 1.72 bits per heavy atom. The Labute approximate surface area is 171 Å². The quantitative estimate of drug-likeness (QED) is 0.816. The van der Waals surface area contributed by atoms with Gasteiger partial charge >= 0.3 is 0 Å². The number of hydrogen-bond acceptors (Lipinski definition) is 4. The molecule has 154 valence electrons. The van der Waals surface area contributed by atoms with E-state index < -0.39 is 0 Å². The second-order valence-electron chi connectivity index (χ2n) is 7.95. The number of amides is 2. The molecule has 1 N–H and O–H groups in total. The van der Waals surface area contributed by atoms with E-state index in [0.29, 0.717) is 38.0 Å². The number of hydrogen-bond donors (Lipinski definition) is 1. The molecule has 0 bridgehead atoms. The third kappa shape index (κ3) is 4.70. The predicted octanol–water partition coefficient (Wildman–Crippen LogP) is 3.09. The van der Waals surface area contributed by atoms with Crippen LogP contribution >= 0.6 is 0 Å². The minimum absolute atomic E-state index is 0.0364. The second kappa shape index (κ2) is 9.27. The number of nitrogens with one attached hydrogen (secondary N) is 1. The summed E-state index contributed by atoms with van der Waals surface area (Å²) in [5.74, 6) is 1.02. The zero-order valence-electron chi connectivity index (χ0n) is 16.8. The SMILES string of the molecule is O=C(NCC(c1ccco1)N1CCCC1)C1CCN(C(=O)c2ccccc2)CC1. The van der Waals surface area contributed by atoms with Gasteiger partial charge in [0.2, 0.25) is 5.91 Å². The van der Waals surface area contributed by atoms with Gasteiger partial charge in [-0.05, 0) is 63.0 Å². The van der Waals surface area contributed by atoms with Gasteiger partial charge in [0.1, 0.15) is 5.76 Å². The smallest absolute Gasteiger partial charge is 0.253 e. The van der Waals surface area contributed by atoms with Crippen molar-refractivity contribution in [3.05, 3.63) is 60.1 Å². The van der Waals surface area contributed by atoms with E-state index in [1.165, 1.54) is 12.8 Å². The molecule has 0 radical (unpaired) electrons. The summed E-state index contributed by atoms with van der Waals surface area (Å²) >= 11 is 0. The molecular weight excluding hydrogens is 366 g/mol. The Bertz CT molecular complexity index is 792. The second-order valence-corrected chi connectivity index (χ2v) is 7.95. The third-order valence-electron chi connectivity index (χ3n) is 6.10. The molecule has 2 aliphatic rings. The Hall–Kier alpha value is -2.60. The monoisotopic (exact) mass is 395 g/mol. The average Bonchev–Trinajstić information content (AvgIpc) is 3.49. The molecule has 0 saturated carbocycles. The van der Waals surface area contributed by atoms with Crippen LogP contribution in [0.15, 0.2) is 53.1 Å². The van der Waals surface area contributed by atoms with E-state index in [9.17, 15) is 9.59 Å². The highest BCUT2D eigenvalue weighted by Gasteiger charge is 2.30. The molecule has 1 aromatic carbocycles. The number of likely N-dealkylation sites (tertiary alicyclic amines) is 2. The van der Waals surface area contributed by atoms with Gasteiger partial charge in [-0.15, -0.1) is 0 Å². The van der Waals surface area contributed by atoms with E-state index in [2.05, 4.69) is 10.2 Å². The first-order valence-corrected chi connectivity index (χ1v) is 10.6. The van der Waals surface area contributed by atoms with Crippen molar-refractivity contribution in [2.75, 3.05) is 32.7 Å². The molecule has 29 heavy (non-hydrogen) atoms. The highest BCUT2D eigenvalue weighted by atomic mass is 16.3. The molecule has 4 rings (SSSR count). The number of nitrogens with zero attached hydrogens (tertiary/aromatic N) is 2. The molecule has 2 fully saturated rings. The van der Waals surface area contributed by atoms with Gasteiger partial charge in [0.25, 0.3) is 5.91 Å². The van der Waals surface area contributed by atoms with Gasteiger partial charge in [0.05, 0.1) is 12.3 Å². The van der Waals surface area contributed by atoms with Gasteiger partial charge in [-0.3, -0.25) is 14.5 Å². The molecule has 6 nitrogen and oxygen atoms in total. The summed E-state index contributed by atoms with van der Waals surface area (Å²) in [6, 6.07) is 13.3. The first-order chi connectivity index (χ1) is 14.2. The van der Waals surface area contributed by atoms with Crippen LogP contribution in [0.1, 0.15) is 47.8 Å². The number of carbonyl (C=O) groups excluding carboxylic acids is 2. The van der Waals surface area contributed by atoms with Crippen molar-refractivity contribution < 1.29 is 14.0 Å². The van der Waals surface area contributed by atoms with Crippen molar-refractivity contribution in [1.29, 1.82) is 0 Å². The van der Waals surface area contributed by atoms with Gasteiger partial charge < -0.3 is 14.6 Å². The Morgan fingerprint density at radius 3 is 2.38 bits per heavy atom. The number of rotatable bonds is 6. The molecule has 6 heteroatoms. The highest BCUT2D eigenvalue weighted by Crippen LogP contribution is 2.25. The first-order valence-electron chi connectivity index (χ1n) is 10.6. The van der Waals surface area contributed by atoms with E-state index in [1.807, 2.05) is 47.4 Å². The van der Waals surface area contributed by atoms with Crippen LogP contribution in [0.4, 0.5) is 0 Å². The van der Waals surface area contributed by atoms with Crippen molar-refractivity contribution in [2.24, 2.45) is 5.92 Å². The predicted molar refractivity (Wildman–Crippen MR) is 110 cm³/mol. The van der Waals surface area contributed by atoms with Crippen molar-refractivity contribution >= 4 is 11.8 Å². The fourth-order valence-electron chi connectivity index (χ4n) is 4.39. The van der Waals surface area contributed by atoms with E-state index in [0.717, 1.165) is 18.8 Å². The maximum atomic E-state index is 12.8. The van der Waals surface area contributed by atoms with Crippen LogP contribution in [0.2, 0.25) is 0 Å². The van der Waals surface area contributed by atoms with Gasteiger partial charge in [0.15, 0.2) is 0 Å². The fourth-order valence-corrected chi connectivity index (χ4v) is 4.39. The first kappa shape index (κ1) is 19.7. The zero-order chi connectivity index (χ0) is 20.1.